The Morgan fingerprint density at radius 1 is 1.08 bits per heavy atom. The number of hydrogen-bond donors (Lipinski definition) is 4. The predicted octanol–water partition coefficient (Wildman–Crippen LogP) is 4.48. The van der Waals surface area contributed by atoms with Crippen LogP contribution in [0.4, 0.5) is 0 Å². The number of ether oxygens (including phenoxy) is 1. The number of nitrogens with one attached hydrogen (secondary N) is 1. The lowest BCUT2D eigenvalue weighted by Crippen LogP contribution is -2.61. The van der Waals surface area contributed by atoms with Gasteiger partial charge in [-0.05, 0) is 96.1 Å². The van der Waals surface area contributed by atoms with Gasteiger partial charge in [-0.2, -0.15) is 0 Å². The van der Waals surface area contributed by atoms with Gasteiger partial charge in [0.25, 0.3) is 0 Å². The molecule has 1 aromatic carbocycles. The average Bonchev–Trinajstić information content (AvgIpc) is 2.79. The van der Waals surface area contributed by atoms with Crippen LogP contribution in [0.15, 0.2) is 36.2 Å². The topological polar surface area (TPSA) is 110 Å². The summed E-state index contributed by atoms with van der Waals surface area (Å²) < 4.78 is 5.57. The van der Waals surface area contributed by atoms with E-state index in [4.69, 9.17) is 16.2 Å². The molecule has 36 heavy (non-hydrogen) atoms. The molecule has 2 saturated heterocycles. The van der Waals surface area contributed by atoms with E-state index in [2.05, 4.69) is 49.0 Å². The van der Waals surface area contributed by atoms with Crippen LogP contribution in [0.5, 0.6) is 5.75 Å². The molecule has 2 aliphatic heterocycles. The fourth-order valence-corrected chi connectivity index (χ4v) is 6.14. The fraction of sp³-hybridized carbons (Fsp3) is 0.552. The van der Waals surface area contributed by atoms with Crippen LogP contribution in [0.3, 0.4) is 0 Å². The first-order valence-corrected chi connectivity index (χ1v) is 13.0. The molecule has 2 aromatic rings. The zero-order valence-corrected chi connectivity index (χ0v) is 22.7. The third-order valence-corrected chi connectivity index (χ3v) is 7.62. The number of nitrogens with zero attached hydrogens (tertiary/aromatic N) is 2. The zero-order valence-electron chi connectivity index (χ0n) is 22.7. The Hall–Kier alpha value is -2.77. The average molecular weight is 494 g/mol. The van der Waals surface area contributed by atoms with Gasteiger partial charge >= 0.3 is 0 Å². The van der Waals surface area contributed by atoms with Crippen molar-refractivity contribution in [1.82, 2.24) is 15.2 Å². The maximum absolute atomic E-state index is 10.8. The van der Waals surface area contributed by atoms with E-state index in [0.717, 1.165) is 55.5 Å². The summed E-state index contributed by atoms with van der Waals surface area (Å²) >= 11 is 0. The monoisotopic (exact) mass is 493 g/mol. The number of rotatable bonds is 5. The van der Waals surface area contributed by atoms with Crippen molar-refractivity contribution in [2.24, 2.45) is 11.5 Å². The van der Waals surface area contributed by atoms with Crippen molar-refractivity contribution in [2.45, 2.75) is 83.3 Å². The molecule has 0 amide bonds. The summed E-state index contributed by atoms with van der Waals surface area (Å²) in [7, 11) is 2.04. The van der Waals surface area contributed by atoms with Gasteiger partial charge in [-0.1, -0.05) is 0 Å². The van der Waals surface area contributed by atoms with E-state index in [1.165, 1.54) is 5.56 Å². The molecular formula is C29H43N5O2. The van der Waals surface area contributed by atoms with Crippen LogP contribution in [0, 0.1) is 6.92 Å². The Balaban J connectivity index is 1.63. The van der Waals surface area contributed by atoms with E-state index in [0.29, 0.717) is 29.0 Å². The second-order valence-electron chi connectivity index (χ2n) is 11.9. The minimum Gasteiger partial charge on any atom is -0.507 e. The summed E-state index contributed by atoms with van der Waals surface area (Å²) in [6.07, 6.45) is 7.58. The zero-order chi connectivity index (χ0) is 26.3. The molecule has 1 aromatic heterocycles. The van der Waals surface area contributed by atoms with Gasteiger partial charge in [0, 0.05) is 65.8 Å². The van der Waals surface area contributed by atoms with Crippen LogP contribution in [-0.2, 0) is 4.74 Å². The molecule has 4 rings (SSSR count). The van der Waals surface area contributed by atoms with Crippen molar-refractivity contribution in [3.8, 4) is 5.75 Å². The van der Waals surface area contributed by atoms with Crippen molar-refractivity contribution < 1.29 is 9.84 Å². The second-order valence-corrected chi connectivity index (χ2v) is 11.9. The van der Waals surface area contributed by atoms with E-state index < -0.39 is 0 Å². The van der Waals surface area contributed by atoms with Gasteiger partial charge in [-0.15, -0.1) is 0 Å². The summed E-state index contributed by atoms with van der Waals surface area (Å²) in [5.74, 6) is 1.18. The van der Waals surface area contributed by atoms with Gasteiger partial charge in [-0.3, -0.25) is 4.98 Å². The molecule has 2 fully saturated rings. The Kier molecular flexibility index (Phi) is 7.26. The van der Waals surface area contributed by atoms with E-state index in [-0.39, 0.29) is 16.8 Å². The molecule has 0 saturated carbocycles. The highest BCUT2D eigenvalue weighted by molar-refractivity contribution is 5.89. The molecular weight excluding hydrogens is 450 g/mol. The summed E-state index contributed by atoms with van der Waals surface area (Å²) in [5.41, 5.74) is 17.1. The molecule has 0 spiro atoms. The summed E-state index contributed by atoms with van der Waals surface area (Å²) in [4.78, 5) is 6.81. The number of aromatic hydroxyl groups is 1. The van der Waals surface area contributed by atoms with Crippen LogP contribution >= 0.6 is 0 Å². The largest absolute Gasteiger partial charge is 0.507 e. The molecule has 0 atom stereocenters. The highest BCUT2D eigenvalue weighted by atomic mass is 16.5. The molecule has 0 unspecified atom stereocenters. The number of fused-ring (bicyclic) bond motifs is 1. The van der Waals surface area contributed by atoms with Gasteiger partial charge in [0.15, 0.2) is 0 Å². The molecule has 6 N–H and O–H groups in total. The lowest BCUT2D eigenvalue weighted by molar-refractivity contribution is 0.0856. The Labute approximate surface area is 215 Å². The minimum absolute atomic E-state index is 0.0290. The number of pyridine rings is 1. The fourth-order valence-electron chi connectivity index (χ4n) is 6.14. The smallest absolute Gasteiger partial charge is 0.127 e. The van der Waals surface area contributed by atoms with Gasteiger partial charge < -0.3 is 31.5 Å². The number of benzene rings is 1. The van der Waals surface area contributed by atoms with Crippen LogP contribution in [-0.4, -0.2) is 52.4 Å². The number of piperidine rings is 1. The Morgan fingerprint density at radius 2 is 1.72 bits per heavy atom. The Morgan fingerprint density at radius 3 is 2.36 bits per heavy atom. The first-order valence-electron chi connectivity index (χ1n) is 13.0. The molecule has 196 valence electrons. The van der Waals surface area contributed by atoms with Crippen LogP contribution < -0.4 is 16.8 Å². The number of aromatic nitrogens is 1. The van der Waals surface area contributed by atoms with Crippen molar-refractivity contribution >= 4 is 16.6 Å². The number of phenolic OH excluding ortho intramolecular Hbond substituents is 1. The maximum atomic E-state index is 10.8. The van der Waals surface area contributed by atoms with E-state index in [9.17, 15) is 5.11 Å². The second kappa shape index (κ2) is 9.94. The number of allylic oxidation sites excluding steroid dienone is 2. The number of phenols is 1. The summed E-state index contributed by atoms with van der Waals surface area (Å²) in [6, 6.07) is 6.17. The molecule has 7 nitrogen and oxygen atoms in total. The third-order valence-electron chi connectivity index (χ3n) is 7.62. The van der Waals surface area contributed by atoms with Crippen LogP contribution in [0.1, 0.15) is 76.1 Å². The normalized spacial score (nSPS) is 21.6. The van der Waals surface area contributed by atoms with Crippen LogP contribution in [0.2, 0.25) is 0 Å². The first-order chi connectivity index (χ1) is 16.8. The SMILES string of the molecule is Cc1cc(C2CCOCC2)c2cc(/C(N)=C/C=C(\N)N(C)C3CC(C)(C)NC(C)(C)C3)c(O)cc2n1. The van der Waals surface area contributed by atoms with Gasteiger partial charge in [0.05, 0.1) is 11.3 Å². The molecule has 3 heterocycles. The Bertz CT molecular complexity index is 1160. The quantitative estimate of drug-likeness (QED) is 0.455. The lowest BCUT2D eigenvalue weighted by Gasteiger charge is -2.49. The highest BCUT2D eigenvalue weighted by Crippen LogP contribution is 2.36. The number of nitrogens with two attached hydrogens (primary N) is 2. The predicted molar refractivity (Wildman–Crippen MR) is 147 cm³/mol. The van der Waals surface area contributed by atoms with Crippen molar-refractivity contribution in [1.29, 1.82) is 0 Å². The van der Waals surface area contributed by atoms with E-state index >= 15 is 0 Å². The van der Waals surface area contributed by atoms with Gasteiger partial charge in [-0.25, -0.2) is 0 Å². The first kappa shape index (κ1) is 26.3. The standard InChI is InChI=1S/C29H43N5O2/c1-18-13-21(19-9-11-36-12-10-19)22-14-23(26(35)15-25(22)32-18)24(30)7-8-27(31)34(6)20-16-28(2,3)33-29(4,5)17-20/h7-8,13-15,19-20,33,35H,9-12,16-17,30-31H2,1-6H3/b24-7-,27-8+. The highest BCUT2D eigenvalue weighted by Gasteiger charge is 2.39. The third kappa shape index (κ3) is 5.79. The number of hydrogen-bond acceptors (Lipinski definition) is 7. The minimum atomic E-state index is 0.0290. The summed E-state index contributed by atoms with van der Waals surface area (Å²) in [5, 5.41) is 15.6. The van der Waals surface area contributed by atoms with E-state index in [1.54, 1.807) is 12.1 Å². The molecule has 7 heteroatoms. The maximum Gasteiger partial charge on any atom is 0.127 e. The molecule has 0 radical (unpaired) electrons. The number of aryl methyl sites for hydroxylation is 1. The molecule has 2 aliphatic rings. The summed E-state index contributed by atoms with van der Waals surface area (Å²) in [6.45, 7) is 12.5. The molecule has 0 aliphatic carbocycles. The lowest BCUT2D eigenvalue weighted by atomic mass is 9.79. The molecule has 0 bridgehead atoms. The van der Waals surface area contributed by atoms with Crippen molar-refractivity contribution in [3.05, 3.63) is 53.0 Å². The van der Waals surface area contributed by atoms with Gasteiger partial charge in [0.1, 0.15) is 5.75 Å². The van der Waals surface area contributed by atoms with Crippen LogP contribution in [0.25, 0.3) is 16.6 Å². The van der Waals surface area contributed by atoms with E-state index in [1.807, 2.05) is 26.1 Å². The van der Waals surface area contributed by atoms with Crippen molar-refractivity contribution in [3.63, 3.8) is 0 Å². The van der Waals surface area contributed by atoms with Crippen molar-refractivity contribution in [2.75, 3.05) is 20.3 Å². The van der Waals surface area contributed by atoms with Gasteiger partial charge in [0.2, 0.25) is 0 Å².